The van der Waals surface area contributed by atoms with Crippen molar-refractivity contribution in [2.24, 2.45) is 0 Å². The first kappa shape index (κ1) is 10.5. The summed E-state index contributed by atoms with van der Waals surface area (Å²) in [4.78, 5) is 11.5. The maximum absolute atomic E-state index is 12.7. The molecule has 0 spiro atoms. The number of benzene rings is 1. The van der Waals surface area contributed by atoms with Crippen LogP contribution in [0.15, 0.2) is 18.2 Å². The highest BCUT2D eigenvalue weighted by molar-refractivity contribution is 6.33. The van der Waals surface area contributed by atoms with Gasteiger partial charge in [0.05, 0.1) is 10.7 Å². The molecule has 8 heteroatoms. The quantitative estimate of drug-likeness (QED) is 0.829. The summed E-state index contributed by atoms with van der Waals surface area (Å²) < 4.78 is 12.7. The second kappa shape index (κ2) is 4.23. The molecule has 1 amide bonds. The number of tetrazole rings is 1. The van der Waals surface area contributed by atoms with Gasteiger partial charge in [0, 0.05) is 0 Å². The van der Waals surface area contributed by atoms with Crippen molar-refractivity contribution in [2.45, 2.75) is 0 Å². The molecule has 0 radical (unpaired) electrons. The molecule has 1 aromatic carbocycles. The number of carbonyl (C=O) groups excluding carboxylic acids is 1. The lowest BCUT2D eigenvalue weighted by Gasteiger charge is -2.04. The van der Waals surface area contributed by atoms with Crippen LogP contribution in [0.1, 0.15) is 10.6 Å². The molecule has 0 saturated carbocycles. The number of halogens is 2. The van der Waals surface area contributed by atoms with Gasteiger partial charge in [-0.15, -0.1) is 10.2 Å². The van der Waals surface area contributed by atoms with E-state index in [4.69, 9.17) is 11.6 Å². The van der Waals surface area contributed by atoms with Gasteiger partial charge in [-0.1, -0.05) is 11.6 Å². The van der Waals surface area contributed by atoms with Crippen LogP contribution < -0.4 is 5.32 Å². The molecule has 2 aromatic rings. The first-order valence-electron chi connectivity index (χ1n) is 4.16. The third-order valence-corrected chi connectivity index (χ3v) is 2.04. The Labute approximate surface area is 93.8 Å². The van der Waals surface area contributed by atoms with Crippen LogP contribution in [-0.2, 0) is 0 Å². The fourth-order valence-corrected chi connectivity index (χ4v) is 1.24. The molecule has 0 aliphatic rings. The minimum Gasteiger partial charge on any atom is -0.318 e. The lowest BCUT2D eigenvalue weighted by Crippen LogP contribution is -2.14. The molecule has 0 bridgehead atoms. The Morgan fingerprint density at radius 3 is 2.94 bits per heavy atom. The molecule has 0 aliphatic carbocycles. The Morgan fingerprint density at radius 1 is 1.50 bits per heavy atom. The Hall–Kier alpha value is -2.02. The van der Waals surface area contributed by atoms with Gasteiger partial charge in [0.25, 0.3) is 11.7 Å². The van der Waals surface area contributed by atoms with E-state index in [9.17, 15) is 9.18 Å². The van der Waals surface area contributed by atoms with Gasteiger partial charge in [-0.05, 0) is 23.4 Å². The van der Waals surface area contributed by atoms with Crippen molar-refractivity contribution in [3.63, 3.8) is 0 Å². The second-order valence-corrected chi connectivity index (χ2v) is 3.22. The van der Waals surface area contributed by atoms with Crippen molar-refractivity contribution in [1.29, 1.82) is 0 Å². The summed E-state index contributed by atoms with van der Waals surface area (Å²) in [5, 5.41) is 14.8. The van der Waals surface area contributed by atoms with Crippen LogP contribution >= 0.6 is 11.6 Å². The topological polar surface area (TPSA) is 83.6 Å². The smallest absolute Gasteiger partial charge is 0.297 e. The molecule has 0 saturated heterocycles. The number of aromatic nitrogens is 4. The Bertz CT molecular complexity index is 515. The average Bonchev–Trinajstić information content (AvgIpc) is 2.75. The van der Waals surface area contributed by atoms with Gasteiger partial charge in [0.15, 0.2) is 0 Å². The number of carbonyl (C=O) groups is 1. The second-order valence-electron chi connectivity index (χ2n) is 2.81. The molecular formula is C8H5ClFN5O. The van der Waals surface area contributed by atoms with Crippen molar-refractivity contribution in [1.82, 2.24) is 20.6 Å². The summed E-state index contributed by atoms with van der Waals surface area (Å²) in [5.74, 6) is -1.19. The number of H-pyrrole nitrogens is 1. The summed E-state index contributed by atoms with van der Waals surface area (Å²) in [6.45, 7) is 0. The minimum atomic E-state index is -0.581. The van der Waals surface area contributed by atoms with Crippen molar-refractivity contribution in [2.75, 3.05) is 5.32 Å². The predicted molar refractivity (Wildman–Crippen MR) is 53.5 cm³/mol. The molecule has 1 aromatic heterocycles. The molecule has 0 fully saturated rings. The highest BCUT2D eigenvalue weighted by atomic mass is 35.5. The molecule has 2 rings (SSSR count). The van der Waals surface area contributed by atoms with Crippen molar-refractivity contribution in [3.8, 4) is 0 Å². The number of nitrogens with zero attached hydrogens (tertiary/aromatic N) is 3. The molecular weight excluding hydrogens is 237 g/mol. The van der Waals surface area contributed by atoms with E-state index in [1.807, 2.05) is 0 Å². The number of hydrogen-bond donors (Lipinski definition) is 2. The fraction of sp³-hybridized carbons (Fsp3) is 0. The average molecular weight is 242 g/mol. The van der Waals surface area contributed by atoms with E-state index in [0.717, 1.165) is 6.07 Å². The van der Waals surface area contributed by atoms with Crippen LogP contribution in [0.3, 0.4) is 0 Å². The number of aromatic amines is 1. The van der Waals surface area contributed by atoms with Crippen LogP contribution in [0.25, 0.3) is 0 Å². The molecule has 16 heavy (non-hydrogen) atoms. The summed E-state index contributed by atoms with van der Waals surface area (Å²) in [6.07, 6.45) is 0. The van der Waals surface area contributed by atoms with E-state index in [-0.39, 0.29) is 16.5 Å². The highest BCUT2D eigenvalue weighted by Crippen LogP contribution is 2.22. The predicted octanol–water partition coefficient (Wildman–Crippen LogP) is 1.24. The van der Waals surface area contributed by atoms with Gasteiger partial charge in [-0.25, -0.2) is 4.39 Å². The standard InChI is InChI=1S/C8H5ClFN5O/c9-5-3-4(10)1-2-6(5)11-8(16)7-12-14-15-13-7/h1-3H,(H,11,16)(H,12,13,14,15). The molecule has 6 nitrogen and oxygen atoms in total. The summed E-state index contributed by atoms with van der Waals surface area (Å²) in [6, 6.07) is 3.61. The van der Waals surface area contributed by atoms with E-state index in [1.54, 1.807) is 0 Å². The van der Waals surface area contributed by atoms with Crippen LogP contribution in [0.4, 0.5) is 10.1 Å². The lowest BCUT2D eigenvalue weighted by molar-refractivity contribution is 0.101. The maximum Gasteiger partial charge on any atom is 0.297 e. The van der Waals surface area contributed by atoms with Crippen LogP contribution in [0.2, 0.25) is 5.02 Å². The molecule has 2 N–H and O–H groups in total. The van der Waals surface area contributed by atoms with Gasteiger partial charge in [0.2, 0.25) is 0 Å². The maximum atomic E-state index is 12.7. The Kier molecular flexibility index (Phi) is 2.78. The molecule has 82 valence electrons. The summed E-state index contributed by atoms with van der Waals surface area (Å²) >= 11 is 5.72. The Balaban J connectivity index is 2.18. The van der Waals surface area contributed by atoms with Gasteiger partial charge in [-0.2, -0.15) is 5.21 Å². The fourth-order valence-electron chi connectivity index (χ4n) is 1.03. The van der Waals surface area contributed by atoms with Crippen LogP contribution in [-0.4, -0.2) is 26.5 Å². The van der Waals surface area contributed by atoms with Crippen molar-refractivity contribution in [3.05, 3.63) is 34.9 Å². The highest BCUT2D eigenvalue weighted by Gasteiger charge is 2.12. The van der Waals surface area contributed by atoms with E-state index >= 15 is 0 Å². The lowest BCUT2D eigenvalue weighted by atomic mass is 10.3. The van der Waals surface area contributed by atoms with Crippen LogP contribution in [0, 0.1) is 5.82 Å². The number of amides is 1. The van der Waals surface area contributed by atoms with E-state index in [1.165, 1.54) is 12.1 Å². The summed E-state index contributed by atoms with van der Waals surface area (Å²) in [7, 11) is 0. The molecule has 0 atom stereocenters. The third kappa shape index (κ3) is 2.14. The van der Waals surface area contributed by atoms with Gasteiger partial charge >= 0.3 is 0 Å². The minimum absolute atomic E-state index is 0.0943. The zero-order valence-corrected chi connectivity index (χ0v) is 8.49. The number of hydrogen-bond acceptors (Lipinski definition) is 4. The van der Waals surface area contributed by atoms with Crippen LogP contribution in [0.5, 0.6) is 0 Å². The number of anilines is 1. The first-order chi connectivity index (χ1) is 7.66. The largest absolute Gasteiger partial charge is 0.318 e. The molecule has 1 heterocycles. The van der Waals surface area contributed by atoms with Gasteiger partial charge in [-0.3, -0.25) is 4.79 Å². The van der Waals surface area contributed by atoms with E-state index < -0.39 is 11.7 Å². The molecule has 0 unspecified atom stereocenters. The van der Waals surface area contributed by atoms with Gasteiger partial charge in [0.1, 0.15) is 5.82 Å². The zero-order chi connectivity index (χ0) is 11.5. The third-order valence-electron chi connectivity index (χ3n) is 1.73. The first-order valence-corrected chi connectivity index (χ1v) is 4.54. The van der Waals surface area contributed by atoms with E-state index in [2.05, 4.69) is 25.9 Å². The monoisotopic (exact) mass is 241 g/mol. The number of nitrogens with one attached hydrogen (secondary N) is 2. The molecule has 0 aliphatic heterocycles. The normalized spacial score (nSPS) is 10.1. The van der Waals surface area contributed by atoms with Crippen molar-refractivity contribution >= 4 is 23.2 Å². The summed E-state index contributed by atoms with van der Waals surface area (Å²) in [5.41, 5.74) is 0.276. The van der Waals surface area contributed by atoms with Gasteiger partial charge < -0.3 is 5.32 Å². The zero-order valence-electron chi connectivity index (χ0n) is 7.74. The SMILES string of the molecule is O=C(Nc1ccc(F)cc1Cl)c1nn[nH]n1. The van der Waals surface area contributed by atoms with Crippen molar-refractivity contribution < 1.29 is 9.18 Å². The Morgan fingerprint density at radius 2 is 2.31 bits per heavy atom. The van der Waals surface area contributed by atoms with E-state index in [0.29, 0.717) is 0 Å². The number of rotatable bonds is 2.